The van der Waals surface area contributed by atoms with Crippen LogP contribution in [0.5, 0.6) is 0 Å². The molecule has 6 nitrogen and oxygen atoms in total. The normalized spacial score (nSPS) is 16.7. The van der Waals surface area contributed by atoms with Crippen molar-refractivity contribution in [3.8, 4) is 0 Å². The first-order valence-electron chi connectivity index (χ1n) is 7.16. The average Bonchev–Trinajstić information content (AvgIpc) is 2.81. The van der Waals surface area contributed by atoms with Crippen LogP contribution in [0.25, 0.3) is 0 Å². The van der Waals surface area contributed by atoms with E-state index in [9.17, 15) is 14.4 Å². The number of rotatable bonds is 5. The number of hydrogen-bond acceptors (Lipinski definition) is 5. The van der Waals surface area contributed by atoms with Gasteiger partial charge in [-0.15, -0.1) is 11.3 Å². The van der Waals surface area contributed by atoms with Crippen molar-refractivity contribution in [1.29, 1.82) is 0 Å². The van der Waals surface area contributed by atoms with Crippen molar-refractivity contribution in [3.63, 3.8) is 0 Å². The summed E-state index contributed by atoms with van der Waals surface area (Å²) >= 11 is 1.39. The lowest BCUT2D eigenvalue weighted by atomic mass is 9.88. The van der Waals surface area contributed by atoms with E-state index in [2.05, 4.69) is 12.2 Å². The van der Waals surface area contributed by atoms with E-state index in [-0.39, 0.29) is 12.8 Å². The van der Waals surface area contributed by atoms with E-state index in [1.165, 1.54) is 18.4 Å². The van der Waals surface area contributed by atoms with Crippen LogP contribution >= 0.6 is 11.3 Å². The Balaban J connectivity index is 2.24. The fourth-order valence-corrected chi connectivity index (χ4v) is 3.98. The van der Waals surface area contributed by atoms with Crippen molar-refractivity contribution in [1.82, 2.24) is 0 Å². The van der Waals surface area contributed by atoms with Gasteiger partial charge in [0.1, 0.15) is 5.00 Å². The third-order valence-corrected chi connectivity index (χ3v) is 4.89. The largest absolute Gasteiger partial charge is 0.481 e. The molecule has 1 aliphatic carbocycles. The molecule has 7 heteroatoms. The molecule has 0 saturated carbocycles. The number of hydrogen-bond donors (Lipinski definition) is 2. The van der Waals surface area contributed by atoms with Crippen molar-refractivity contribution in [2.45, 2.75) is 39.0 Å². The monoisotopic (exact) mass is 325 g/mol. The van der Waals surface area contributed by atoms with Crippen molar-refractivity contribution < 1.29 is 24.2 Å². The third-order valence-electron chi connectivity index (χ3n) is 3.72. The summed E-state index contributed by atoms with van der Waals surface area (Å²) in [4.78, 5) is 35.5. The van der Waals surface area contributed by atoms with Gasteiger partial charge in [0.05, 0.1) is 19.1 Å². The van der Waals surface area contributed by atoms with Crippen LogP contribution in [-0.4, -0.2) is 30.1 Å². The van der Waals surface area contributed by atoms with Gasteiger partial charge in [-0.1, -0.05) is 6.92 Å². The van der Waals surface area contributed by atoms with Crippen molar-refractivity contribution in [2.24, 2.45) is 5.92 Å². The van der Waals surface area contributed by atoms with Crippen molar-refractivity contribution in [3.05, 3.63) is 16.0 Å². The number of nitrogens with one attached hydrogen (secondary N) is 1. The van der Waals surface area contributed by atoms with Gasteiger partial charge in [-0.25, -0.2) is 4.79 Å². The van der Waals surface area contributed by atoms with Crippen molar-refractivity contribution in [2.75, 3.05) is 12.4 Å². The van der Waals surface area contributed by atoms with E-state index in [1.54, 1.807) is 0 Å². The molecule has 0 unspecified atom stereocenters. The highest BCUT2D eigenvalue weighted by Gasteiger charge is 2.28. The highest BCUT2D eigenvalue weighted by atomic mass is 32.1. The first kappa shape index (κ1) is 16.5. The van der Waals surface area contributed by atoms with Crippen LogP contribution in [0.3, 0.4) is 0 Å². The zero-order chi connectivity index (χ0) is 16.3. The van der Waals surface area contributed by atoms with Gasteiger partial charge in [-0.05, 0) is 30.7 Å². The quantitative estimate of drug-likeness (QED) is 0.811. The SMILES string of the molecule is COC(=O)c1c(NC(=O)CCC(=O)O)sc2c1CC[C@@H](C)C2. The lowest BCUT2D eigenvalue weighted by Crippen LogP contribution is -2.16. The standard InChI is InChI=1S/C15H19NO5S/c1-8-3-4-9-10(7-8)22-14(13(9)15(20)21-2)16-11(17)5-6-12(18)19/h8H,3-7H2,1-2H3,(H,16,17)(H,18,19)/t8-/m1/s1. The van der Waals surface area contributed by atoms with Gasteiger partial charge in [0, 0.05) is 11.3 Å². The van der Waals surface area contributed by atoms with E-state index in [0.717, 1.165) is 29.7 Å². The minimum Gasteiger partial charge on any atom is -0.481 e. The molecular formula is C15H19NO5S. The van der Waals surface area contributed by atoms with Gasteiger partial charge in [0.2, 0.25) is 5.91 Å². The van der Waals surface area contributed by atoms with Crippen molar-refractivity contribution >= 4 is 34.2 Å². The first-order valence-corrected chi connectivity index (χ1v) is 7.98. The third kappa shape index (κ3) is 3.65. The Morgan fingerprint density at radius 1 is 1.36 bits per heavy atom. The van der Waals surface area contributed by atoms with Gasteiger partial charge >= 0.3 is 11.9 Å². The van der Waals surface area contributed by atoms with Gasteiger partial charge in [0.25, 0.3) is 0 Å². The number of carboxylic acid groups (broad SMARTS) is 1. The second-order valence-electron chi connectivity index (χ2n) is 5.49. The summed E-state index contributed by atoms with van der Waals surface area (Å²) < 4.78 is 4.83. The number of fused-ring (bicyclic) bond motifs is 1. The molecule has 120 valence electrons. The second kappa shape index (κ2) is 6.91. The zero-order valence-corrected chi connectivity index (χ0v) is 13.4. The molecular weight excluding hydrogens is 306 g/mol. The Morgan fingerprint density at radius 3 is 2.73 bits per heavy atom. The molecule has 0 aliphatic heterocycles. The smallest absolute Gasteiger partial charge is 0.341 e. The fourth-order valence-electron chi connectivity index (χ4n) is 2.57. The Morgan fingerprint density at radius 2 is 2.09 bits per heavy atom. The van der Waals surface area contributed by atoms with E-state index in [0.29, 0.717) is 16.5 Å². The molecule has 0 saturated heterocycles. The zero-order valence-electron chi connectivity index (χ0n) is 12.6. The Kier molecular flexibility index (Phi) is 5.18. The predicted octanol–water partition coefficient (Wildman–Crippen LogP) is 2.46. The molecule has 1 heterocycles. The second-order valence-corrected chi connectivity index (χ2v) is 6.59. The molecule has 1 amide bonds. The minimum atomic E-state index is -1.03. The summed E-state index contributed by atoms with van der Waals surface area (Å²) in [5, 5.41) is 11.8. The number of carbonyl (C=O) groups is 3. The maximum atomic E-state index is 12.0. The summed E-state index contributed by atoms with van der Waals surface area (Å²) in [7, 11) is 1.31. The molecule has 2 N–H and O–H groups in total. The molecule has 1 aromatic heterocycles. The average molecular weight is 325 g/mol. The van der Waals surface area contributed by atoms with Crippen LogP contribution in [0.1, 0.15) is 47.0 Å². The summed E-state index contributed by atoms with van der Waals surface area (Å²) in [6.45, 7) is 2.16. The highest BCUT2D eigenvalue weighted by Crippen LogP contribution is 2.40. The number of thiophene rings is 1. The maximum Gasteiger partial charge on any atom is 0.341 e. The molecule has 0 spiro atoms. The van der Waals surface area contributed by atoms with Crippen LogP contribution in [0.15, 0.2) is 0 Å². The number of ether oxygens (including phenoxy) is 1. The molecule has 0 fully saturated rings. The lowest BCUT2D eigenvalue weighted by Gasteiger charge is -2.18. The van der Waals surface area contributed by atoms with E-state index >= 15 is 0 Å². The molecule has 1 aliphatic rings. The summed E-state index contributed by atoms with van der Waals surface area (Å²) in [6, 6.07) is 0. The lowest BCUT2D eigenvalue weighted by molar-refractivity contribution is -0.138. The summed E-state index contributed by atoms with van der Waals surface area (Å²) in [5.41, 5.74) is 1.39. The van der Waals surface area contributed by atoms with Crippen LogP contribution < -0.4 is 5.32 Å². The Hall–Kier alpha value is -1.89. The van der Waals surface area contributed by atoms with Gasteiger partial charge in [0.15, 0.2) is 0 Å². The molecule has 1 aromatic rings. The van der Waals surface area contributed by atoms with Crippen LogP contribution in [0.2, 0.25) is 0 Å². The van der Waals surface area contributed by atoms with Gasteiger partial charge < -0.3 is 15.2 Å². The first-order chi connectivity index (χ1) is 10.4. The van der Waals surface area contributed by atoms with E-state index in [4.69, 9.17) is 9.84 Å². The number of aliphatic carboxylic acids is 1. The van der Waals surface area contributed by atoms with E-state index in [1.807, 2.05) is 0 Å². The molecule has 0 aromatic carbocycles. The minimum absolute atomic E-state index is 0.116. The summed E-state index contributed by atoms with van der Waals surface area (Å²) in [6.07, 6.45) is 2.33. The summed E-state index contributed by atoms with van der Waals surface area (Å²) in [5.74, 6) is -1.34. The van der Waals surface area contributed by atoms with Crippen LogP contribution in [0, 0.1) is 5.92 Å². The maximum absolute atomic E-state index is 12.0. The van der Waals surface area contributed by atoms with Crippen LogP contribution in [0.4, 0.5) is 5.00 Å². The Bertz CT molecular complexity index is 607. The topological polar surface area (TPSA) is 92.7 Å². The van der Waals surface area contributed by atoms with Crippen LogP contribution in [-0.2, 0) is 27.2 Å². The van der Waals surface area contributed by atoms with E-state index < -0.39 is 17.8 Å². The predicted molar refractivity (Wildman–Crippen MR) is 82.3 cm³/mol. The molecule has 1 atom stereocenters. The number of esters is 1. The highest BCUT2D eigenvalue weighted by molar-refractivity contribution is 7.17. The molecule has 0 radical (unpaired) electrons. The number of methoxy groups -OCH3 is 1. The number of carboxylic acids is 1. The fraction of sp³-hybridized carbons (Fsp3) is 0.533. The van der Waals surface area contributed by atoms with Gasteiger partial charge in [-0.2, -0.15) is 0 Å². The van der Waals surface area contributed by atoms with Gasteiger partial charge in [-0.3, -0.25) is 9.59 Å². The number of amides is 1. The number of carbonyl (C=O) groups excluding carboxylic acids is 2. The Labute approximate surface area is 132 Å². The molecule has 2 rings (SSSR count). The number of anilines is 1. The molecule has 22 heavy (non-hydrogen) atoms. The molecule has 0 bridgehead atoms.